The van der Waals surface area contributed by atoms with Crippen molar-refractivity contribution in [2.45, 2.75) is 20.8 Å². The zero-order chi connectivity index (χ0) is 22.3. The number of carbonyl (C=O) groups excluding carboxylic acids is 2. The molecule has 0 radical (unpaired) electrons. The summed E-state index contributed by atoms with van der Waals surface area (Å²) < 4.78 is 10.0. The molecule has 0 spiro atoms. The number of aliphatic hydroxyl groups is 1. The molecule has 0 saturated carbocycles. The summed E-state index contributed by atoms with van der Waals surface area (Å²) in [5.41, 5.74) is 1.11. The molecule has 2 rings (SSSR count). The number of benzene rings is 1. The van der Waals surface area contributed by atoms with Gasteiger partial charge < -0.3 is 29.7 Å². The minimum atomic E-state index is -0.782. The fourth-order valence-electron chi connectivity index (χ4n) is 2.98. The minimum absolute atomic E-state index is 0.0333. The van der Waals surface area contributed by atoms with Crippen LogP contribution in [0.5, 0.6) is 0 Å². The summed E-state index contributed by atoms with van der Waals surface area (Å²) in [5.74, 6) is -1.33. The summed E-state index contributed by atoms with van der Waals surface area (Å²) in [7, 11) is 0. The Hall–Kier alpha value is -2.52. The van der Waals surface area contributed by atoms with E-state index >= 15 is 0 Å². The molecule has 8 nitrogen and oxygen atoms in total. The van der Waals surface area contributed by atoms with E-state index in [-0.39, 0.29) is 29.7 Å². The molecule has 1 saturated heterocycles. The number of amides is 1. The molecule has 1 amide bonds. The van der Waals surface area contributed by atoms with Crippen molar-refractivity contribution in [2.75, 3.05) is 49.6 Å². The van der Waals surface area contributed by atoms with Gasteiger partial charge in [0.25, 0.3) is 5.95 Å². The predicted molar refractivity (Wildman–Crippen MR) is 120 cm³/mol. The molecular formula is C20H26ClN3O5S. The number of piperazine rings is 1. The quantitative estimate of drug-likeness (QED) is 0.280. The Bertz CT molecular complexity index is 838. The molecule has 10 heteroatoms. The maximum absolute atomic E-state index is 12.2. The molecule has 0 bridgehead atoms. The number of nitrogens with one attached hydrogen (secondary N) is 1. The molecule has 2 N–H and O–H groups in total. The lowest BCUT2D eigenvalue weighted by atomic mass is 10.2. The molecule has 0 aliphatic carbocycles. The zero-order valence-corrected chi connectivity index (χ0v) is 18.8. The number of carbonyl (C=O) groups is 2. The Morgan fingerprint density at radius 3 is 2.37 bits per heavy atom. The third-order valence-corrected chi connectivity index (χ3v) is 5.10. The van der Waals surface area contributed by atoms with Gasteiger partial charge in [-0.15, -0.1) is 0 Å². The van der Waals surface area contributed by atoms with E-state index in [9.17, 15) is 14.7 Å². The van der Waals surface area contributed by atoms with Gasteiger partial charge in [-0.3, -0.25) is 4.79 Å². The predicted octanol–water partition coefficient (Wildman–Crippen LogP) is 3.12. The number of thiocarbonyl (C=S) groups is 1. The van der Waals surface area contributed by atoms with Gasteiger partial charge >= 0.3 is 5.97 Å². The van der Waals surface area contributed by atoms with Crippen LogP contribution in [-0.4, -0.2) is 66.3 Å². The first-order chi connectivity index (χ1) is 14.3. The lowest BCUT2D eigenvalue weighted by Gasteiger charge is -2.36. The molecule has 0 aromatic heterocycles. The van der Waals surface area contributed by atoms with Crippen LogP contribution >= 0.6 is 23.8 Å². The Balaban J connectivity index is 2.21. The largest absolute Gasteiger partial charge is 0.480 e. The molecular weight excluding hydrogens is 430 g/mol. The number of anilines is 2. The van der Waals surface area contributed by atoms with Crippen molar-refractivity contribution in [1.82, 2.24) is 4.90 Å². The number of aliphatic hydroxyl groups excluding tert-OH is 1. The Morgan fingerprint density at radius 1 is 1.17 bits per heavy atom. The fraction of sp³-hybridized carbons (Fsp3) is 0.450. The summed E-state index contributed by atoms with van der Waals surface area (Å²) in [6, 6.07) is 5.23. The van der Waals surface area contributed by atoms with Crippen LogP contribution in [-0.2, 0) is 19.1 Å². The van der Waals surface area contributed by atoms with Crippen molar-refractivity contribution in [2.24, 2.45) is 0 Å². The summed E-state index contributed by atoms with van der Waals surface area (Å²) in [5, 5.41) is 13.6. The smallest absolute Gasteiger partial charge is 0.348 e. The maximum atomic E-state index is 12.2. The molecule has 1 aliphatic rings. The van der Waals surface area contributed by atoms with Crippen molar-refractivity contribution in [3.05, 3.63) is 34.7 Å². The average molecular weight is 456 g/mol. The average Bonchev–Trinajstić information content (AvgIpc) is 2.70. The third-order valence-electron chi connectivity index (χ3n) is 4.47. The Kier molecular flexibility index (Phi) is 8.73. The highest BCUT2D eigenvalue weighted by atomic mass is 35.5. The van der Waals surface area contributed by atoms with Crippen LogP contribution in [0.15, 0.2) is 29.7 Å². The van der Waals surface area contributed by atoms with Gasteiger partial charge in [0.15, 0.2) is 5.57 Å². The second-order valence-electron chi connectivity index (χ2n) is 6.45. The van der Waals surface area contributed by atoms with Gasteiger partial charge in [0.05, 0.1) is 23.9 Å². The molecule has 0 atom stereocenters. The van der Waals surface area contributed by atoms with Gasteiger partial charge in [-0.1, -0.05) is 23.8 Å². The second kappa shape index (κ2) is 11.0. The van der Waals surface area contributed by atoms with E-state index in [1.165, 1.54) is 0 Å². The minimum Gasteiger partial charge on any atom is -0.480 e. The SMILES string of the molecule is CCOC(=O)/C(C(=S)Nc1ccc(Cl)c(N2CCN(C(C)=O)CC2)c1)=C(\O)OCC. The second-order valence-corrected chi connectivity index (χ2v) is 7.26. The Labute approximate surface area is 186 Å². The summed E-state index contributed by atoms with van der Waals surface area (Å²) in [6.45, 7) is 7.68. The number of halogens is 1. The number of rotatable bonds is 7. The molecule has 1 aromatic rings. The van der Waals surface area contributed by atoms with E-state index in [0.29, 0.717) is 36.9 Å². The van der Waals surface area contributed by atoms with Crippen molar-refractivity contribution in [1.29, 1.82) is 0 Å². The number of hydrogen-bond acceptors (Lipinski definition) is 7. The van der Waals surface area contributed by atoms with Gasteiger partial charge in [-0.05, 0) is 32.0 Å². The first-order valence-electron chi connectivity index (χ1n) is 9.62. The van der Waals surface area contributed by atoms with E-state index in [1.54, 1.807) is 43.9 Å². The molecule has 0 unspecified atom stereocenters. The van der Waals surface area contributed by atoms with Gasteiger partial charge in [-0.25, -0.2) is 4.79 Å². The normalized spacial score (nSPS) is 14.7. The van der Waals surface area contributed by atoms with Crippen LogP contribution in [0, 0.1) is 0 Å². The fourth-order valence-corrected chi connectivity index (χ4v) is 3.50. The highest BCUT2D eigenvalue weighted by Crippen LogP contribution is 2.30. The molecule has 1 aliphatic heterocycles. The van der Waals surface area contributed by atoms with Crippen LogP contribution in [0.3, 0.4) is 0 Å². The van der Waals surface area contributed by atoms with E-state index < -0.39 is 11.9 Å². The summed E-state index contributed by atoms with van der Waals surface area (Å²) in [6.07, 6.45) is 0. The number of nitrogens with zero attached hydrogens (tertiary/aromatic N) is 2. The molecule has 1 heterocycles. The van der Waals surface area contributed by atoms with Gasteiger partial charge in [-0.2, -0.15) is 0 Å². The Morgan fingerprint density at radius 2 is 1.80 bits per heavy atom. The standard InChI is InChI=1S/C20H26ClN3O5S/c1-4-28-19(26)17(20(27)29-5-2)18(30)22-14-6-7-15(21)16(12-14)24-10-8-23(9-11-24)13(3)25/h6-7,12,26H,4-5,8-11H2,1-3H3,(H,22,30)/b19-17+. The van der Waals surface area contributed by atoms with Crippen molar-refractivity contribution in [3.8, 4) is 0 Å². The maximum Gasteiger partial charge on any atom is 0.348 e. The van der Waals surface area contributed by atoms with Crippen molar-refractivity contribution in [3.63, 3.8) is 0 Å². The highest BCUT2D eigenvalue weighted by molar-refractivity contribution is 7.81. The van der Waals surface area contributed by atoms with E-state index in [0.717, 1.165) is 5.69 Å². The van der Waals surface area contributed by atoms with E-state index in [1.807, 2.05) is 0 Å². The van der Waals surface area contributed by atoms with Crippen molar-refractivity contribution >= 4 is 52.1 Å². The summed E-state index contributed by atoms with van der Waals surface area (Å²) in [4.78, 5) is 27.6. The first-order valence-corrected chi connectivity index (χ1v) is 10.4. The van der Waals surface area contributed by atoms with E-state index in [4.69, 9.17) is 33.3 Å². The number of esters is 1. The first kappa shape index (κ1) is 23.8. The third kappa shape index (κ3) is 5.99. The number of ether oxygens (including phenoxy) is 2. The topological polar surface area (TPSA) is 91.3 Å². The van der Waals surface area contributed by atoms with Crippen molar-refractivity contribution < 1.29 is 24.2 Å². The van der Waals surface area contributed by atoms with Gasteiger partial charge in [0.1, 0.15) is 4.99 Å². The van der Waals surface area contributed by atoms with Crippen LogP contribution in [0.2, 0.25) is 5.02 Å². The number of hydrogen-bond donors (Lipinski definition) is 2. The lowest BCUT2D eigenvalue weighted by molar-refractivity contribution is -0.138. The molecule has 164 valence electrons. The zero-order valence-electron chi connectivity index (χ0n) is 17.2. The van der Waals surface area contributed by atoms with Crippen LogP contribution in [0.25, 0.3) is 0 Å². The molecule has 30 heavy (non-hydrogen) atoms. The van der Waals surface area contributed by atoms with Crippen LogP contribution in [0.4, 0.5) is 11.4 Å². The lowest BCUT2D eigenvalue weighted by Crippen LogP contribution is -2.48. The van der Waals surface area contributed by atoms with Gasteiger partial charge in [0, 0.05) is 38.8 Å². The summed E-state index contributed by atoms with van der Waals surface area (Å²) >= 11 is 11.7. The highest BCUT2D eigenvalue weighted by Gasteiger charge is 2.24. The molecule has 1 aromatic carbocycles. The van der Waals surface area contributed by atoms with Gasteiger partial charge in [0.2, 0.25) is 5.91 Å². The van der Waals surface area contributed by atoms with Crippen LogP contribution in [0.1, 0.15) is 20.8 Å². The monoisotopic (exact) mass is 455 g/mol. The molecule has 1 fully saturated rings. The van der Waals surface area contributed by atoms with Crippen LogP contribution < -0.4 is 10.2 Å². The van der Waals surface area contributed by atoms with E-state index in [2.05, 4.69) is 10.2 Å².